The predicted octanol–water partition coefficient (Wildman–Crippen LogP) is 6.42. The summed E-state index contributed by atoms with van der Waals surface area (Å²) in [6, 6.07) is 10.4. The maximum Gasteiger partial charge on any atom is 0.261 e. The van der Waals surface area contributed by atoms with Crippen LogP contribution in [-0.4, -0.2) is 35.9 Å². The van der Waals surface area contributed by atoms with Crippen LogP contribution < -0.4 is 10.1 Å². The molecule has 0 saturated heterocycles. The molecule has 0 radical (unpaired) electrons. The van der Waals surface area contributed by atoms with Gasteiger partial charge in [0.15, 0.2) is 6.61 Å². The van der Waals surface area contributed by atoms with Crippen LogP contribution in [0, 0.1) is 0 Å². The van der Waals surface area contributed by atoms with E-state index in [1.54, 1.807) is 23.1 Å². The molecule has 2 aromatic rings. The van der Waals surface area contributed by atoms with Crippen molar-refractivity contribution in [3.63, 3.8) is 0 Å². The largest absolute Gasteiger partial charge is 0.483 e. The molecule has 180 valence electrons. The lowest BCUT2D eigenvalue weighted by Gasteiger charge is -2.30. The van der Waals surface area contributed by atoms with Crippen LogP contribution in [-0.2, 0) is 22.6 Å². The molecular formula is C25H31BrCl2N2O3. The minimum Gasteiger partial charge on any atom is -0.483 e. The van der Waals surface area contributed by atoms with Crippen LogP contribution in [0.3, 0.4) is 0 Å². The molecule has 2 aromatic carbocycles. The van der Waals surface area contributed by atoms with Crippen molar-refractivity contribution in [2.45, 2.75) is 59.0 Å². The van der Waals surface area contributed by atoms with Gasteiger partial charge < -0.3 is 15.0 Å². The minimum atomic E-state index is -0.627. The lowest BCUT2D eigenvalue weighted by atomic mass is 10.1. The van der Waals surface area contributed by atoms with E-state index in [0.717, 1.165) is 34.9 Å². The summed E-state index contributed by atoms with van der Waals surface area (Å²) in [5.74, 6) is 0.119. The summed E-state index contributed by atoms with van der Waals surface area (Å²) in [7, 11) is 0. The van der Waals surface area contributed by atoms with Crippen LogP contribution in [0.2, 0.25) is 10.0 Å². The first-order valence-electron chi connectivity index (χ1n) is 11.2. The number of ether oxygens (including phenoxy) is 1. The maximum atomic E-state index is 13.3. The fourth-order valence-corrected chi connectivity index (χ4v) is 4.23. The van der Waals surface area contributed by atoms with Crippen molar-refractivity contribution in [1.82, 2.24) is 10.2 Å². The van der Waals surface area contributed by atoms with Crippen LogP contribution in [0.5, 0.6) is 5.75 Å². The van der Waals surface area contributed by atoms with Crippen LogP contribution in [0.15, 0.2) is 40.9 Å². The van der Waals surface area contributed by atoms with Crippen molar-refractivity contribution >= 4 is 50.9 Å². The second-order valence-corrected chi connectivity index (χ2v) is 9.41. The molecule has 5 nitrogen and oxygen atoms in total. The van der Waals surface area contributed by atoms with Crippen molar-refractivity contribution in [3.8, 4) is 5.75 Å². The van der Waals surface area contributed by atoms with Crippen LogP contribution >= 0.6 is 39.1 Å². The number of nitrogens with zero attached hydrogens (tertiary/aromatic N) is 1. The Morgan fingerprint density at radius 2 is 1.79 bits per heavy atom. The number of carbonyl (C=O) groups excluding carboxylic acids is 2. The van der Waals surface area contributed by atoms with Crippen LogP contribution in [0.1, 0.15) is 51.2 Å². The molecule has 2 amide bonds. The molecule has 0 unspecified atom stereocenters. The molecule has 0 bridgehead atoms. The van der Waals surface area contributed by atoms with Crippen molar-refractivity contribution in [3.05, 3.63) is 62.0 Å². The van der Waals surface area contributed by atoms with Crippen molar-refractivity contribution in [1.29, 1.82) is 0 Å². The first-order chi connectivity index (χ1) is 15.8. The Labute approximate surface area is 214 Å². The van der Waals surface area contributed by atoms with Gasteiger partial charge in [-0.25, -0.2) is 0 Å². The highest BCUT2D eigenvalue weighted by atomic mass is 79.9. The molecule has 0 aromatic heterocycles. The summed E-state index contributed by atoms with van der Waals surface area (Å²) in [6.07, 6.45) is 3.23. The van der Waals surface area contributed by atoms with E-state index in [4.69, 9.17) is 27.9 Å². The van der Waals surface area contributed by atoms with Gasteiger partial charge in [0, 0.05) is 13.1 Å². The quantitative estimate of drug-likeness (QED) is 0.306. The van der Waals surface area contributed by atoms with E-state index in [0.29, 0.717) is 28.8 Å². The second kappa shape index (κ2) is 13.8. The van der Waals surface area contributed by atoms with Crippen molar-refractivity contribution < 1.29 is 14.3 Å². The number of halogens is 3. The van der Waals surface area contributed by atoms with Crippen molar-refractivity contribution in [2.75, 3.05) is 13.2 Å². The number of carbonyl (C=O) groups is 2. The number of hydrogen-bond donors (Lipinski definition) is 1. The Kier molecular flexibility index (Phi) is 11.5. The van der Waals surface area contributed by atoms with Gasteiger partial charge in [-0.1, -0.05) is 62.5 Å². The number of hydrogen-bond acceptors (Lipinski definition) is 3. The fraction of sp³-hybridized carbons (Fsp3) is 0.440. The van der Waals surface area contributed by atoms with Gasteiger partial charge in [0.1, 0.15) is 11.8 Å². The smallest absolute Gasteiger partial charge is 0.261 e. The molecule has 0 fully saturated rings. The zero-order valence-corrected chi connectivity index (χ0v) is 22.4. The van der Waals surface area contributed by atoms with Gasteiger partial charge in [-0.15, -0.1) is 0 Å². The summed E-state index contributed by atoms with van der Waals surface area (Å²) < 4.78 is 6.60. The molecule has 1 atom stereocenters. The number of rotatable bonds is 12. The lowest BCUT2D eigenvalue weighted by molar-refractivity contribution is -0.143. The summed E-state index contributed by atoms with van der Waals surface area (Å²) in [5, 5.41) is 3.78. The van der Waals surface area contributed by atoms with E-state index < -0.39 is 6.04 Å². The molecule has 8 heteroatoms. The van der Waals surface area contributed by atoms with Crippen LogP contribution in [0.25, 0.3) is 0 Å². The molecular weight excluding hydrogens is 527 g/mol. The number of benzene rings is 2. The molecule has 1 N–H and O–H groups in total. The van der Waals surface area contributed by atoms with E-state index in [2.05, 4.69) is 35.1 Å². The van der Waals surface area contributed by atoms with E-state index in [9.17, 15) is 9.59 Å². The number of unbranched alkanes of at least 4 members (excludes halogenated alkanes) is 1. The first-order valence-corrected chi connectivity index (χ1v) is 12.8. The zero-order valence-electron chi connectivity index (χ0n) is 19.3. The van der Waals surface area contributed by atoms with Gasteiger partial charge >= 0.3 is 0 Å². The molecule has 0 saturated carbocycles. The first kappa shape index (κ1) is 27.5. The minimum absolute atomic E-state index is 0.173. The summed E-state index contributed by atoms with van der Waals surface area (Å²) in [6.45, 7) is 6.63. The van der Waals surface area contributed by atoms with Crippen LogP contribution in [0.4, 0.5) is 0 Å². The average Bonchev–Trinajstić information content (AvgIpc) is 2.80. The van der Waals surface area contributed by atoms with E-state index in [-0.39, 0.29) is 25.0 Å². The number of amides is 2. The SMILES string of the molecule is CCCCNC(=O)[C@@H](CC)N(Cc1ccc(Cl)c(Cl)c1)C(=O)COc1ccc(CC)cc1Br. The predicted molar refractivity (Wildman–Crippen MR) is 138 cm³/mol. The Morgan fingerprint density at radius 1 is 1.06 bits per heavy atom. The Morgan fingerprint density at radius 3 is 2.39 bits per heavy atom. The summed E-state index contributed by atoms with van der Waals surface area (Å²) in [4.78, 5) is 27.7. The third-order valence-electron chi connectivity index (χ3n) is 5.31. The molecule has 33 heavy (non-hydrogen) atoms. The zero-order chi connectivity index (χ0) is 24.4. The molecule has 2 rings (SSSR count). The molecule has 0 aliphatic rings. The van der Waals surface area contributed by atoms with Gasteiger partial charge in [-0.3, -0.25) is 9.59 Å². The maximum absolute atomic E-state index is 13.3. The van der Waals surface area contributed by atoms with Gasteiger partial charge in [-0.2, -0.15) is 0 Å². The molecule has 0 aliphatic carbocycles. The lowest BCUT2D eigenvalue weighted by Crippen LogP contribution is -2.50. The van der Waals surface area contributed by atoms with E-state index >= 15 is 0 Å². The number of nitrogens with one attached hydrogen (secondary N) is 1. The van der Waals surface area contributed by atoms with Gasteiger partial charge in [0.05, 0.1) is 14.5 Å². The Hall–Kier alpha value is -1.76. The molecule has 0 heterocycles. The van der Waals surface area contributed by atoms with Crippen molar-refractivity contribution in [2.24, 2.45) is 0 Å². The topological polar surface area (TPSA) is 58.6 Å². The third kappa shape index (κ3) is 8.20. The standard InChI is InChI=1S/C25H31BrCl2N2O3/c1-4-7-12-29-25(32)22(6-3)30(15-18-8-10-20(27)21(28)14-18)24(31)16-33-23-11-9-17(5-2)13-19(23)26/h8-11,13-14,22H,4-7,12,15-16H2,1-3H3,(H,29,32)/t22-/m1/s1. The molecule has 0 spiro atoms. The van der Waals surface area contributed by atoms with Gasteiger partial charge in [-0.05, 0) is 70.6 Å². The summed E-state index contributed by atoms with van der Waals surface area (Å²) in [5.41, 5.74) is 1.95. The normalized spacial score (nSPS) is 11.7. The van der Waals surface area contributed by atoms with Gasteiger partial charge in [0.25, 0.3) is 5.91 Å². The Bertz CT molecular complexity index is 955. The Balaban J connectivity index is 2.22. The highest BCUT2D eigenvalue weighted by molar-refractivity contribution is 9.10. The van der Waals surface area contributed by atoms with Gasteiger partial charge in [0.2, 0.25) is 5.91 Å². The monoisotopic (exact) mass is 556 g/mol. The average molecular weight is 558 g/mol. The van der Waals surface area contributed by atoms with E-state index in [1.807, 2.05) is 25.1 Å². The highest BCUT2D eigenvalue weighted by Gasteiger charge is 2.29. The third-order valence-corrected chi connectivity index (χ3v) is 6.67. The second-order valence-electron chi connectivity index (χ2n) is 7.75. The van der Waals surface area contributed by atoms with E-state index in [1.165, 1.54) is 0 Å². The highest BCUT2D eigenvalue weighted by Crippen LogP contribution is 2.27. The number of aryl methyl sites for hydroxylation is 1. The fourth-order valence-electron chi connectivity index (χ4n) is 3.36. The summed E-state index contributed by atoms with van der Waals surface area (Å²) >= 11 is 15.7. The molecule has 0 aliphatic heterocycles.